The second-order valence-electron chi connectivity index (χ2n) is 9.68. The molecule has 0 amide bonds. The van der Waals surface area contributed by atoms with Crippen molar-refractivity contribution in [2.24, 2.45) is 0 Å². The third-order valence-corrected chi connectivity index (χ3v) is 6.89. The maximum Gasteiger partial charge on any atom is 0.331 e. The highest BCUT2D eigenvalue weighted by molar-refractivity contribution is 6.77. The van der Waals surface area contributed by atoms with Crippen molar-refractivity contribution in [3.63, 3.8) is 0 Å². The minimum atomic E-state index is 0.0600. The molecule has 0 aliphatic carbocycles. The Bertz CT molecular complexity index is 842. The predicted octanol–water partition coefficient (Wildman–Crippen LogP) is 7.58. The van der Waals surface area contributed by atoms with Crippen molar-refractivity contribution in [2.45, 2.75) is 85.5 Å². The van der Waals surface area contributed by atoms with E-state index in [1.807, 2.05) is 0 Å². The Hall–Kier alpha value is -2.13. The monoisotopic (exact) mass is 445 g/mol. The highest BCUT2D eigenvalue weighted by Crippen LogP contribution is 2.50. The van der Waals surface area contributed by atoms with E-state index in [0.29, 0.717) is 20.1 Å². The summed E-state index contributed by atoms with van der Waals surface area (Å²) < 4.78 is 2.69. The van der Waals surface area contributed by atoms with Crippen molar-refractivity contribution < 1.29 is 0 Å². The quantitative estimate of drug-likeness (QED) is 0.267. The fourth-order valence-electron chi connectivity index (χ4n) is 5.46. The Labute approximate surface area is 205 Å². The molecule has 1 saturated heterocycles. The van der Waals surface area contributed by atoms with E-state index in [1.54, 1.807) is 0 Å². The summed E-state index contributed by atoms with van der Waals surface area (Å²) in [5.74, 6) is 0. The van der Waals surface area contributed by atoms with E-state index < -0.39 is 0 Å². The van der Waals surface area contributed by atoms with E-state index in [9.17, 15) is 0 Å². The third-order valence-electron chi connectivity index (χ3n) is 6.89. The molecule has 2 heterocycles. The summed E-state index contributed by atoms with van der Waals surface area (Å²) in [6, 6.07) is 20.0. The fourth-order valence-corrected chi connectivity index (χ4v) is 5.46. The zero-order valence-electron chi connectivity index (χ0n) is 22.2. The highest BCUT2D eigenvalue weighted by atomic mass is 15.4. The lowest BCUT2D eigenvalue weighted by Crippen LogP contribution is -2.76. The molecular weight excluding hydrogens is 400 g/mol. The Morgan fingerprint density at radius 2 is 1.36 bits per heavy atom. The van der Waals surface area contributed by atoms with Crippen LogP contribution in [0.4, 0.5) is 11.4 Å². The summed E-state index contributed by atoms with van der Waals surface area (Å²) in [5, 5.41) is 0. The first-order chi connectivity index (χ1) is 15.9. The van der Waals surface area contributed by atoms with Crippen molar-refractivity contribution >= 4 is 25.3 Å². The number of fused-ring (bicyclic) bond motifs is 3. The molecule has 0 radical (unpaired) electrons. The number of para-hydroxylation sites is 2. The molecule has 1 unspecified atom stereocenters. The van der Waals surface area contributed by atoms with Gasteiger partial charge in [-0.3, -0.25) is 0 Å². The number of hydrogen-bond acceptors (Lipinski definition) is 3. The van der Waals surface area contributed by atoms with E-state index in [4.69, 9.17) is 0 Å². The van der Waals surface area contributed by atoms with Gasteiger partial charge in [0.25, 0.3) is 0 Å². The molecule has 0 saturated carbocycles. The van der Waals surface area contributed by atoms with Gasteiger partial charge >= 0.3 is 14.0 Å². The second kappa shape index (κ2) is 12.4. The number of nitrogens with zero attached hydrogens (tertiary/aromatic N) is 3. The van der Waals surface area contributed by atoms with Crippen molar-refractivity contribution in [3.8, 4) is 0 Å². The molecule has 0 N–H and O–H groups in total. The third kappa shape index (κ3) is 5.35. The van der Waals surface area contributed by atoms with Crippen molar-refractivity contribution in [1.29, 1.82) is 0 Å². The van der Waals surface area contributed by atoms with Crippen LogP contribution in [0.2, 0.25) is 13.6 Å². The Morgan fingerprint density at radius 3 is 1.97 bits per heavy atom. The van der Waals surface area contributed by atoms with Crippen LogP contribution in [0.3, 0.4) is 0 Å². The number of hydrogen-bond donors (Lipinski definition) is 0. The van der Waals surface area contributed by atoms with Gasteiger partial charge in [0.1, 0.15) is 0 Å². The average Bonchev–Trinajstić information content (AvgIpc) is 3.06. The van der Waals surface area contributed by atoms with Gasteiger partial charge in [-0.2, -0.15) is 0 Å². The smallest absolute Gasteiger partial charge is 0.331 e. The molecule has 5 heteroatoms. The molecule has 2 aliphatic rings. The summed E-state index contributed by atoms with van der Waals surface area (Å²) in [7, 11) is 0. The molecule has 0 spiro atoms. The summed E-state index contributed by atoms with van der Waals surface area (Å²) in [6.07, 6.45) is 5.39. The average molecular weight is 445 g/mol. The molecular formula is C28H45B2N3. The Balaban J connectivity index is 0.000000714. The Morgan fingerprint density at radius 1 is 0.818 bits per heavy atom. The first-order valence-electron chi connectivity index (χ1n) is 12.9. The molecule has 1 atom stereocenters. The zero-order chi connectivity index (χ0) is 24.6. The normalized spacial score (nSPS) is 18.6. The summed E-state index contributed by atoms with van der Waals surface area (Å²) in [6.45, 7) is 24.1. The predicted molar refractivity (Wildman–Crippen MR) is 151 cm³/mol. The Kier molecular flexibility index (Phi) is 10.2. The lowest BCUT2D eigenvalue weighted by molar-refractivity contribution is 0.424. The number of anilines is 2. The van der Waals surface area contributed by atoms with Gasteiger partial charge in [0.05, 0.1) is 6.17 Å². The van der Waals surface area contributed by atoms with Gasteiger partial charge in [0.2, 0.25) is 0 Å². The molecule has 178 valence electrons. The maximum absolute atomic E-state index is 3.00. The molecule has 33 heavy (non-hydrogen) atoms. The van der Waals surface area contributed by atoms with Crippen LogP contribution < -0.4 is 9.62 Å². The summed E-state index contributed by atoms with van der Waals surface area (Å²) >= 11 is 0. The highest BCUT2D eigenvalue weighted by Gasteiger charge is 2.56. The van der Waals surface area contributed by atoms with E-state index >= 15 is 0 Å². The van der Waals surface area contributed by atoms with Gasteiger partial charge < -0.3 is 14.3 Å². The zero-order valence-corrected chi connectivity index (χ0v) is 22.2. The minimum absolute atomic E-state index is 0.0600. The standard InChI is InChI=1S/C23H33B2N3.C3H8.C2H4/c1-6-7-13-18-26-24(4)27(19-14-9-8-10-15-19)22-23(2,3)20-16-11-12-17-21(20)28(22)25(26)5;1-3-2;1-2/h8-12,14-17,22H,6-7,13,18H2,1-5H3;3H2,1-2H3;1-2H2. The molecule has 0 aromatic heterocycles. The van der Waals surface area contributed by atoms with Crippen LogP contribution >= 0.6 is 0 Å². The number of benzene rings is 2. The van der Waals surface area contributed by atoms with Crippen LogP contribution in [0.15, 0.2) is 67.8 Å². The van der Waals surface area contributed by atoms with Crippen molar-refractivity contribution in [3.05, 3.63) is 73.3 Å². The summed E-state index contributed by atoms with van der Waals surface area (Å²) in [5.41, 5.74) is 4.25. The number of unbranched alkanes of at least 4 members (excludes halogenated alkanes) is 2. The lowest BCUT2D eigenvalue weighted by Gasteiger charge is -2.56. The number of rotatable bonds is 5. The fraction of sp³-hybridized carbons (Fsp3) is 0.500. The van der Waals surface area contributed by atoms with Crippen LogP contribution in [0.25, 0.3) is 0 Å². The van der Waals surface area contributed by atoms with Gasteiger partial charge in [-0.05, 0) is 36.7 Å². The lowest BCUT2D eigenvalue weighted by atomic mass is 9.55. The molecule has 2 aliphatic heterocycles. The van der Waals surface area contributed by atoms with Gasteiger partial charge in [0, 0.05) is 16.8 Å². The molecule has 3 nitrogen and oxygen atoms in total. The van der Waals surface area contributed by atoms with E-state index in [-0.39, 0.29) is 5.41 Å². The SMILES string of the molecule is C=C.CCC.CCCCCN1B(C)N(c2ccccc2)C2N(B1C)c1ccccc1C2(C)C. The molecule has 4 rings (SSSR count). The topological polar surface area (TPSA) is 9.72 Å². The van der Waals surface area contributed by atoms with Gasteiger partial charge in [0.15, 0.2) is 0 Å². The van der Waals surface area contributed by atoms with E-state index in [1.165, 1.54) is 42.6 Å². The van der Waals surface area contributed by atoms with Gasteiger partial charge in [-0.1, -0.05) is 104 Å². The summed E-state index contributed by atoms with van der Waals surface area (Å²) in [4.78, 5) is 5.33. The van der Waals surface area contributed by atoms with Crippen molar-refractivity contribution in [1.82, 2.24) is 4.72 Å². The largest absolute Gasteiger partial charge is 0.382 e. The van der Waals surface area contributed by atoms with E-state index in [0.717, 1.165) is 6.54 Å². The van der Waals surface area contributed by atoms with Crippen molar-refractivity contribution in [2.75, 3.05) is 16.2 Å². The van der Waals surface area contributed by atoms with Gasteiger partial charge in [-0.25, -0.2) is 0 Å². The van der Waals surface area contributed by atoms with Gasteiger partial charge in [-0.15, -0.1) is 13.2 Å². The molecule has 2 aromatic rings. The van der Waals surface area contributed by atoms with Crippen LogP contribution in [0.1, 0.15) is 65.9 Å². The van der Waals surface area contributed by atoms with E-state index in [2.05, 4.69) is 130 Å². The first-order valence-corrected chi connectivity index (χ1v) is 12.9. The minimum Gasteiger partial charge on any atom is -0.382 e. The van der Waals surface area contributed by atoms with Crippen LogP contribution in [0.5, 0.6) is 0 Å². The molecule has 1 fully saturated rings. The van der Waals surface area contributed by atoms with Crippen LogP contribution in [0, 0.1) is 0 Å². The second-order valence-corrected chi connectivity index (χ2v) is 9.68. The molecule has 0 bridgehead atoms. The first kappa shape index (κ1) is 27.1. The maximum atomic E-state index is 3.00. The van der Waals surface area contributed by atoms with Crippen LogP contribution in [-0.2, 0) is 5.41 Å². The van der Waals surface area contributed by atoms with Crippen LogP contribution in [-0.4, -0.2) is 31.4 Å². The molecule has 2 aromatic carbocycles.